The molecular weight excluding hydrogens is 678 g/mol. The van der Waals surface area contributed by atoms with Crippen molar-refractivity contribution in [3.63, 3.8) is 0 Å². The molecule has 0 radical (unpaired) electrons. The zero-order valence-electron chi connectivity index (χ0n) is 19.5. The van der Waals surface area contributed by atoms with Crippen molar-refractivity contribution < 1.29 is 28.6 Å². The van der Waals surface area contributed by atoms with Gasteiger partial charge in [0.15, 0.2) is 17.2 Å². The molecule has 0 aliphatic heterocycles. The van der Waals surface area contributed by atoms with E-state index in [-0.39, 0.29) is 12.3 Å². The molecule has 3 aromatic rings. The van der Waals surface area contributed by atoms with E-state index in [1.165, 1.54) is 26.5 Å². The van der Waals surface area contributed by atoms with Gasteiger partial charge in [0.05, 0.1) is 37.0 Å². The minimum absolute atomic E-state index is 0.216. The number of nitrogens with zero attached hydrogens (tertiary/aromatic N) is 1. The molecule has 0 unspecified atom stereocenters. The summed E-state index contributed by atoms with van der Waals surface area (Å²) in [7, 11) is 2.95. The topological polar surface area (TPSA) is 115 Å². The van der Waals surface area contributed by atoms with Crippen LogP contribution in [0.15, 0.2) is 73.1 Å². The summed E-state index contributed by atoms with van der Waals surface area (Å²) in [6.07, 6.45) is 1.33. The largest absolute Gasteiger partial charge is 0.493 e. The average Bonchev–Trinajstić information content (AvgIpc) is 2.88. The van der Waals surface area contributed by atoms with E-state index in [9.17, 15) is 14.4 Å². The zero-order chi connectivity index (χ0) is 26.9. The maximum absolute atomic E-state index is 12.6. The molecule has 3 aromatic carbocycles. The predicted molar refractivity (Wildman–Crippen MR) is 149 cm³/mol. The summed E-state index contributed by atoms with van der Waals surface area (Å²) in [6.45, 7) is -0.322. The maximum atomic E-state index is 12.6. The fraction of sp³-hybridized carbons (Fsp3) is 0.120. The smallest absolute Gasteiger partial charge is 0.343 e. The molecule has 0 heterocycles. The Kier molecular flexibility index (Phi) is 10.2. The number of halogens is 3. The summed E-state index contributed by atoms with van der Waals surface area (Å²) < 4.78 is 17.8. The lowest BCUT2D eigenvalue weighted by molar-refractivity contribution is -0.120. The van der Waals surface area contributed by atoms with Gasteiger partial charge in [0.2, 0.25) is 0 Å². The molecule has 0 atom stereocenters. The van der Waals surface area contributed by atoms with Gasteiger partial charge in [-0.05, 0) is 64.5 Å². The molecule has 2 N–H and O–H groups in total. The SMILES string of the molecule is COc1ccc(C(=O)NCC(=O)NN=Cc2cc(Br)cc(Br)c2OC(=O)c2cccc(Br)c2)cc1OC. The van der Waals surface area contributed by atoms with Gasteiger partial charge in [-0.3, -0.25) is 9.59 Å². The Balaban J connectivity index is 1.64. The second kappa shape index (κ2) is 13.4. The summed E-state index contributed by atoms with van der Waals surface area (Å²) in [5.74, 6) is -0.522. The Bertz CT molecular complexity index is 1360. The molecule has 37 heavy (non-hydrogen) atoms. The van der Waals surface area contributed by atoms with Crippen molar-refractivity contribution in [2.45, 2.75) is 0 Å². The molecule has 0 fully saturated rings. The second-order valence-electron chi connectivity index (χ2n) is 7.25. The van der Waals surface area contributed by atoms with E-state index in [4.69, 9.17) is 14.2 Å². The van der Waals surface area contributed by atoms with Gasteiger partial charge < -0.3 is 19.5 Å². The predicted octanol–water partition coefficient (Wildman–Crippen LogP) is 5.09. The van der Waals surface area contributed by atoms with Gasteiger partial charge in [-0.1, -0.05) is 37.9 Å². The van der Waals surface area contributed by atoms with Crippen LogP contribution in [0.1, 0.15) is 26.3 Å². The highest BCUT2D eigenvalue weighted by molar-refractivity contribution is 9.11. The third-order valence-electron chi connectivity index (χ3n) is 4.74. The zero-order valence-corrected chi connectivity index (χ0v) is 24.3. The normalized spacial score (nSPS) is 10.6. The summed E-state index contributed by atoms with van der Waals surface area (Å²) in [6, 6.07) is 14.8. The van der Waals surface area contributed by atoms with Crippen molar-refractivity contribution in [2.75, 3.05) is 20.8 Å². The number of hydrazone groups is 1. The summed E-state index contributed by atoms with van der Waals surface area (Å²) in [4.78, 5) is 37.2. The van der Waals surface area contributed by atoms with Gasteiger partial charge >= 0.3 is 5.97 Å². The Labute approximate surface area is 237 Å². The highest BCUT2D eigenvalue weighted by Crippen LogP contribution is 2.33. The first kappa shape index (κ1) is 28.4. The minimum Gasteiger partial charge on any atom is -0.493 e. The Morgan fingerprint density at radius 1 is 0.892 bits per heavy atom. The molecule has 0 aromatic heterocycles. The van der Waals surface area contributed by atoms with Crippen LogP contribution in [0.3, 0.4) is 0 Å². The first-order valence-corrected chi connectivity index (χ1v) is 12.9. The van der Waals surface area contributed by atoms with E-state index in [0.717, 1.165) is 4.47 Å². The van der Waals surface area contributed by atoms with E-state index < -0.39 is 17.8 Å². The van der Waals surface area contributed by atoms with E-state index in [1.54, 1.807) is 48.5 Å². The van der Waals surface area contributed by atoms with E-state index >= 15 is 0 Å². The lowest BCUT2D eigenvalue weighted by Gasteiger charge is -2.11. The number of ether oxygens (including phenoxy) is 3. The van der Waals surface area contributed by atoms with Crippen LogP contribution in [0.2, 0.25) is 0 Å². The number of hydrogen-bond donors (Lipinski definition) is 2. The molecule has 0 aliphatic rings. The summed E-state index contributed by atoms with van der Waals surface area (Å²) in [5.41, 5.74) is 3.40. The van der Waals surface area contributed by atoms with E-state index in [1.807, 2.05) is 0 Å². The van der Waals surface area contributed by atoms with Gasteiger partial charge in [-0.25, -0.2) is 10.2 Å². The standard InChI is InChI=1S/C25H20Br3N3O6/c1-35-20-7-6-14(10-21(20)36-2)24(33)29-13-22(32)31-30-12-16-9-18(27)11-19(28)23(16)37-25(34)15-4-3-5-17(26)8-15/h3-12H,13H2,1-2H3,(H,29,33)(H,31,32). The molecule has 0 spiro atoms. The van der Waals surface area contributed by atoms with Crippen molar-refractivity contribution in [2.24, 2.45) is 5.10 Å². The fourth-order valence-corrected chi connectivity index (χ4v) is 4.74. The number of esters is 1. The quantitative estimate of drug-likeness (QED) is 0.139. The van der Waals surface area contributed by atoms with Crippen LogP contribution in [0.25, 0.3) is 0 Å². The second-order valence-corrected chi connectivity index (χ2v) is 9.94. The van der Waals surface area contributed by atoms with Crippen LogP contribution in [0.4, 0.5) is 0 Å². The lowest BCUT2D eigenvalue weighted by Crippen LogP contribution is -2.34. The molecule has 0 aliphatic carbocycles. The van der Waals surface area contributed by atoms with E-state index in [0.29, 0.717) is 37.1 Å². The number of carbonyl (C=O) groups excluding carboxylic acids is 3. The fourth-order valence-electron chi connectivity index (χ4n) is 3.00. The molecule has 0 saturated carbocycles. The number of rotatable bonds is 9. The van der Waals surface area contributed by atoms with Crippen LogP contribution in [0, 0.1) is 0 Å². The highest BCUT2D eigenvalue weighted by Gasteiger charge is 2.16. The van der Waals surface area contributed by atoms with E-state index in [2.05, 4.69) is 63.6 Å². The third kappa shape index (κ3) is 7.88. The molecule has 12 heteroatoms. The van der Waals surface area contributed by atoms with Crippen LogP contribution in [-0.2, 0) is 4.79 Å². The van der Waals surface area contributed by atoms with Crippen LogP contribution >= 0.6 is 47.8 Å². The number of carbonyl (C=O) groups is 3. The first-order chi connectivity index (χ1) is 17.7. The minimum atomic E-state index is -0.569. The number of nitrogens with one attached hydrogen (secondary N) is 2. The molecule has 9 nitrogen and oxygen atoms in total. The average molecular weight is 698 g/mol. The molecule has 3 rings (SSSR count). The Morgan fingerprint density at radius 2 is 1.65 bits per heavy atom. The number of hydrogen-bond acceptors (Lipinski definition) is 7. The Morgan fingerprint density at radius 3 is 2.35 bits per heavy atom. The van der Waals surface area contributed by atoms with Gasteiger partial charge in [-0.15, -0.1) is 0 Å². The molecule has 0 bridgehead atoms. The van der Waals surface area contributed by atoms with Crippen molar-refractivity contribution >= 4 is 71.8 Å². The molecule has 192 valence electrons. The van der Waals surface area contributed by atoms with Crippen LogP contribution < -0.4 is 25.0 Å². The van der Waals surface area contributed by atoms with Crippen LogP contribution in [0.5, 0.6) is 17.2 Å². The summed E-state index contributed by atoms with van der Waals surface area (Å²) >= 11 is 10.1. The highest BCUT2D eigenvalue weighted by atomic mass is 79.9. The summed E-state index contributed by atoms with van der Waals surface area (Å²) in [5, 5.41) is 6.43. The lowest BCUT2D eigenvalue weighted by atomic mass is 10.2. The molecule has 2 amide bonds. The van der Waals surface area contributed by atoms with Crippen molar-refractivity contribution in [3.05, 3.63) is 84.7 Å². The molecule has 0 saturated heterocycles. The van der Waals surface area contributed by atoms with Crippen molar-refractivity contribution in [1.82, 2.24) is 10.7 Å². The van der Waals surface area contributed by atoms with Gasteiger partial charge in [0.25, 0.3) is 11.8 Å². The van der Waals surface area contributed by atoms with Gasteiger partial charge in [-0.2, -0.15) is 5.10 Å². The Hall–Kier alpha value is -3.22. The van der Waals surface area contributed by atoms with Crippen molar-refractivity contribution in [1.29, 1.82) is 0 Å². The van der Waals surface area contributed by atoms with Crippen LogP contribution in [-0.4, -0.2) is 44.8 Å². The maximum Gasteiger partial charge on any atom is 0.343 e. The number of amides is 2. The van der Waals surface area contributed by atoms with Gasteiger partial charge in [0.1, 0.15) is 0 Å². The van der Waals surface area contributed by atoms with Gasteiger partial charge in [0, 0.05) is 20.1 Å². The third-order valence-corrected chi connectivity index (χ3v) is 6.28. The number of methoxy groups -OCH3 is 2. The molecular formula is C25H20Br3N3O6. The number of benzene rings is 3. The van der Waals surface area contributed by atoms with Crippen molar-refractivity contribution in [3.8, 4) is 17.2 Å². The first-order valence-electron chi connectivity index (χ1n) is 10.5. The monoisotopic (exact) mass is 695 g/mol.